The Morgan fingerprint density at radius 3 is 2.48 bits per heavy atom. The van der Waals surface area contributed by atoms with Crippen molar-refractivity contribution in [1.29, 1.82) is 0 Å². The molecule has 0 unspecified atom stereocenters. The lowest BCUT2D eigenvalue weighted by atomic mass is 10.0. The Balaban J connectivity index is 2.33. The molecule has 10 heteroatoms. The number of methoxy groups -OCH3 is 1. The molecule has 166 valence electrons. The number of alkyl halides is 3. The van der Waals surface area contributed by atoms with Crippen LogP contribution in [0.15, 0.2) is 35.3 Å². The molecule has 2 aromatic heterocycles. The summed E-state index contributed by atoms with van der Waals surface area (Å²) < 4.78 is 61.4. The molecule has 1 aromatic carbocycles. The van der Waals surface area contributed by atoms with E-state index in [1.54, 1.807) is 20.8 Å². The number of benzene rings is 1. The number of rotatable bonds is 5. The highest BCUT2D eigenvalue weighted by molar-refractivity contribution is 5.78. The van der Waals surface area contributed by atoms with Gasteiger partial charge in [0.25, 0.3) is 5.56 Å². The molecule has 2 heterocycles. The van der Waals surface area contributed by atoms with E-state index in [9.17, 15) is 27.2 Å². The molecule has 0 aliphatic carbocycles. The largest absolute Gasteiger partial charge is 0.495 e. The van der Waals surface area contributed by atoms with Gasteiger partial charge in [-0.15, -0.1) is 0 Å². The molecule has 0 saturated carbocycles. The van der Waals surface area contributed by atoms with Gasteiger partial charge in [-0.2, -0.15) is 13.2 Å². The van der Waals surface area contributed by atoms with Crippen LogP contribution in [0.4, 0.5) is 17.6 Å². The number of aryl methyl sites for hydroxylation is 1. The maximum Gasteiger partial charge on any atom is 0.419 e. The van der Waals surface area contributed by atoms with E-state index in [0.717, 1.165) is 10.6 Å². The van der Waals surface area contributed by atoms with E-state index in [1.807, 2.05) is 0 Å². The zero-order valence-electron chi connectivity index (χ0n) is 17.3. The quantitative estimate of drug-likeness (QED) is 0.616. The summed E-state index contributed by atoms with van der Waals surface area (Å²) in [6.45, 7) is 4.65. The van der Waals surface area contributed by atoms with Crippen molar-refractivity contribution in [3.8, 4) is 17.0 Å². The number of carbonyl (C=O) groups excluding carboxylic acids is 1. The van der Waals surface area contributed by atoms with Crippen molar-refractivity contribution in [1.82, 2.24) is 14.3 Å². The van der Waals surface area contributed by atoms with Crippen molar-refractivity contribution in [2.45, 2.75) is 39.5 Å². The van der Waals surface area contributed by atoms with Crippen LogP contribution in [0.1, 0.15) is 25.1 Å². The molecule has 31 heavy (non-hydrogen) atoms. The van der Waals surface area contributed by atoms with E-state index >= 15 is 0 Å². The van der Waals surface area contributed by atoms with Gasteiger partial charge in [0.2, 0.25) is 5.91 Å². The minimum Gasteiger partial charge on any atom is -0.495 e. The predicted octanol–water partition coefficient (Wildman–Crippen LogP) is 3.77. The Hall–Kier alpha value is -3.30. The molecule has 0 fully saturated rings. The second-order valence-corrected chi connectivity index (χ2v) is 7.38. The van der Waals surface area contributed by atoms with Crippen molar-refractivity contribution in [3.05, 3.63) is 57.9 Å². The van der Waals surface area contributed by atoms with Crippen LogP contribution in [0.3, 0.4) is 0 Å². The van der Waals surface area contributed by atoms with Gasteiger partial charge in [-0.3, -0.25) is 14.2 Å². The van der Waals surface area contributed by atoms with Crippen molar-refractivity contribution in [2.75, 3.05) is 7.11 Å². The summed E-state index contributed by atoms with van der Waals surface area (Å²) >= 11 is 0. The number of hydrogen-bond donors (Lipinski definition) is 1. The van der Waals surface area contributed by atoms with Gasteiger partial charge in [0.15, 0.2) is 0 Å². The number of nitrogens with zero attached hydrogens (tertiary/aromatic N) is 2. The normalized spacial score (nSPS) is 11.9. The lowest BCUT2D eigenvalue weighted by Crippen LogP contribution is -2.37. The van der Waals surface area contributed by atoms with Gasteiger partial charge in [-0.25, -0.2) is 4.39 Å². The maximum atomic E-state index is 13.8. The van der Waals surface area contributed by atoms with Gasteiger partial charge in [0, 0.05) is 23.4 Å². The predicted molar refractivity (Wildman–Crippen MR) is 107 cm³/mol. The average molecular weight is 439 g/mol. The minimum absolute atomic E-state index is 0.0461. The second-order valence-electron chi connectivity index (χ2n) is 7.38. The zero-order valence-corrected chi connectivity index (χ0v) is 17.3. The van der Waals surface area contributed by atoms with Gasteiger partial charge >= 0.3 is 6.18 Å². The summed E-state index contributed by atoms with van der Waals surface area (Å²) in [7, 11) is 1.41. The summed E-state index contributed by atoms with van der Waals surface area (Å²) in [6.07, 6.45) is -3.41. The van der Waals surface area contributed by atoms with Crippen LogP contribution in [-0.4, -0.2) is 28.0 Å². The molecule has 0 aliphatic heterocycles. The van der Waals surface area contributed by atoms with E-state index in [2.05, 4.69) is 5.32 Å². The van der Waals surface area contributed by atoms with Crippen LogP contribution in [-0.2, 0) is 17.5 Å². The third-order valence-corrected chi connectivity index (χ3v) is 4.77. The lowest BCUT2D eigenvalue weighted by molar-refractivity contribution is -0.140. The lowest BCUT2D eigenvalue weighted by Gasteiger charge is -2.19. The molecular formula is C21H21F4N3O3. The summed E-state index contributed by atoms with van der Waals surface area (Å²) in [6, 6.07) is 3.76. The molecule has 0 atom stereocenters. The molecule has 1 N–H and O–H groups in total. The van der Waals surface area contributed by atoms with Gasteiger partial charge in [-0.05, 0) is 39.0 Å². The molecule has 1 amide bonds. The van der Waals surface area contributed by atoms with Crippen LogP contribution in [0.2, 0.25) is 0 Å². The van der Waals surface area contributed by atoms with Crippen molar-refractivity contribution in [2.24, 2.45) is 0 Å². The Morgan fingerprint density at radius 2 is 1.90 bits per heavy atom. The van der Waals surface area contributed by atoms with E-state index < -0.39 is 35.6 Å². The molecule has 3 rings (SSSR count). The van der Waals surface area contributed by atoms with E-state index in [4.69, 9.17) is 4.74 Å². The Bertz CT molecular complexity index is 1210. The summed E-state index contributed by atoms with van der Waals surface area (Å²) in [5, 5.41) is 2.66. The number of ether oxygens (including phenoxy) is 1. The van der Waals surface area contributed by atoms with Crippen molar-refractivity contribution < 1.29 is 27.1 Å². The number of amides is 1. The molecule has 0 spiro atoms. The first-order chi connectivity index (χ1) is 14.4. The molecular weight excluding hydrogens is 418 g/mol. The third kappa shape index (κ3) is 4.28. The number of carbonyl (C=O) groups is 1. The fourth-order valence-corrected chi connectivity index (χ4v) is 3.46. The third-order valence-electron chi connectivity index (χ3n) is 4.77. The first-order valence-electron chi connectivity index (χ1n) is 9.40. The highest BCUT2D eigenvalue weighted by atomic mass is 19.4. The SMILES string of the molecule is COc1cc2c(=O)n(CC(=O)NC(C)C)c(-c3ccc(F)c(C(F)(F)F)c3)c(C)n2c1. The fraction of sp³-hybridized carbons (Fsp3) is 0.333. The summed E-state index contributed by atoms with van der Waals surface area (Å²) in [5.74, 6) is -1.55. The van der Waals surface area contributed by atoms with Gasteiger partial charge in [0.1, 0.15) is 23.6 Å². The average Bonchev–Trinajstić information content (AvgIpc) is 3.10. The van der Waals surface area contributed by atoms with Crippen LogP contribution in [0, 0.1) is 12.7 Å². The smallest absolute Gasteiger partial charge is 0.419 e. The molecule has 0 radical (unpaired) electrons. The van der Waals surface area contributed by atoms with Crippen LogP contribution in [0.5, 0.6) is 5.75 Å². The molecule has 0 saturated heterocycles. The first kappa shape index (κ1) is 22.4. The molecule has 0 bridgehead atoms. The van der Waals surface area contributed by atoms with E-state index in [1.165, 1.54) is 23.8 Å². The highest BCUT2D eigenvalue weighted by Gasteiger charge is 2.34. The molecule has 6 nitrogen and oxygen atoms in total. The van der Waals surface area contributed by atoms with Crippen LogP contribution >= 0.6 is 0 Å². The van der Waals surface area contributed by atoms with Crippen molar-refractivity contribution in [3.63, 3.8) is 0 Å². The van der Waals surface area contributed by atoms with Gasteiger partial charge in [-0.1, -0.05) is 0 Å². The standard InChI is InChI=1S/C21H21F4N3O3/c1-11(2)26-18(29)10-28-19(13-5-6-16(22)15(7-13)21(23,24)25)12(3)27-9-14(31-4)8-17(27)20(28)30/h5-9,11H,10H2,1-4H3,(H,26,29). The first-order valence-corrected chi connectivity index (χ1v) is 9.40. The number of nitrogens with one attached hydrogen (secondary N) is 1. The van der Waals surface area contributed by atoms with Gasteiger partial charge in [0.05, 0.1) is 24.6 Å². The Morgan fingerprint density at radius 1 is 1.23 bits per heavy atom. The summed E-state index contributed by atoms with van der Waals surface area (Å²) in [5.41, 5.74) is -1.46. The fourth-order valence-electron chi connectivity index (χ4n) is 3.46. The highest BCUT2D eigenvalue weighted by Crippen LogP contribution is 2.35. The molecule has 3 aromatic rings. The van der Waals surface area contributed by atoms with Crippen LogP contribution < -0.4 is 15.6 Å². The van der Waals surface area contributed by atoms with Crippen molar-refractivity contribution >= 4 is 11.4 Å². The maximum absolute atomic E-state index is 13.8. The van der Waals surface area contributed by atoms with Crippen LogP contribution in [0.25, 0.3) is 16.8 Å². The second kappa shape index (κ2) is 8.09. The number of hydrogen-bond acceptors (Lipinski definition) is 3. The number of aromatic nitrogens is 2. The van der Waals surface area contributed by atoms with Gasteiger partial charge < -0.3 is 14.5 Å². The monoisotopic (exact) mass is 439 g/mol. The number of fused-ring (bicyclic) bond motifs is 1. The Kier molecular flexibility index (Phi) is 5.84. The zero-order chi connectivity index (χ0) is 23.1. The Labute approximate surface area is 175 Å². The minimum atomic E-state index is -4.92. The number of halogens is 4. The topological polar surface area (TPSA) is 64.7 Å². The molecule has 0 aliphatic rings. The van der Waals surface area contributed by atoms with E-state index in [0.29, 0.717) is 23.6 Å². The van der Waals surface area contributed by atoms with E-state index in [-0.39, 0.29) is 22.8 Å². The summed E-state index contributed by atoms with van der Waals surface area (Å²) in [4.78, 5) is 25.6.